The van der Waals surface area contributed by atoms with Crippen LogP contribution in [0.15, 0.2) is 24.4 Å². The zero-order valence-corrected chi connectivity index (χ0v) is 10.8. The van der Waals surface area contributed by atoms with Crippen molar-refractivity contribution < 1.29 is 0 Å². The molecule has 0 spiro atoms. The number of hydrogen-bond acceptors (Lipinski definition) is 3. The second-order valence-electron chi connectivity index (χ2n) is 4.57. The molecule has 0 aromatic carbocycles. The molecule has 0 radical (unpaired) electrons. The van der Waals surface area contributed by atoms with Crippen molar-refractivity contribution >= 4 is 0 Å². The summed E-state index contributed by atoms with van der Waals surface area (Å²) in [6.45, 7) is 4.45. The summed E-state index contributed by atoms with van der Waals surface area (Å²) in [4.78, 5) is 8.97. The van der Waals surface area contributed by atoms with Crippen LogP contribution in [0.1, 0.15) is 25.1 Å². The summed E-state index contributed by atoms with van der Waals surface area (Å²) in [5.74, 6) is 0. The number of rotatable bonds is 6. The summed E-state index contributed by atoms with van der Waals surface area (Å²) in [7, 11) is 6.39. The molecule has 3 heteroatoms. The van der Waals surface area contributed by atoms with Crippen LogP contribution in [-0.2, 0) is 0 Å². The second kappa shape index (κ2) is 6.61. The number of pyridine rings is 1. The molecule has 0 N–H and O–H groups in total. The van der Waals surface area contributed by atoms with Gasteiger partial charge in [-0.05, 0) is 59.7 Å². The standard InChI is InChI=1S/C13H23N3/c1-12(13-8-5-6-9-14-13)16(4)11-7-10-15(2)3/h5-6,8-9,12H,7,10-11H2,1-4H3. The van der Waals surface area contributed by atoms with E-state index < -0.39 is 0 Å². The molecule has 1 atom stereocenters. The summed E-state index contributed by atoms with van der Waals surface area (Å²) < 4.78 is 0. The summed E-state index contributed by atoms with van der Waals surface area (Å²) in [6.07, 6.45) is 3.06. The van der Waals surface area contributed by atoms with Crippen LogP contribution in [0, 0.1) is 0 Å². The van der Waals surface area contributed by atoms with E-state index in [-0.39, 0.29) is 0 Å². The average Bonchev–Trinajstić information content (AvgIpc) is 2.28. The number of aromatic nitrogens is 1. The minimum Gasteiger partial charge on any atom is -0.309 e. The minimum atomic E-state index is 0.392. The molecule has 0 aliphatic heterocycles. The van der Waals surface area contributed by atoms with Gasteiger partial charge in [-0.1, -0.05) is 6.07 Å². The van der Waals surface area contributed by atoms with Crippen molar-refractivity contribution in [1.82, 2.24) is 14.8 Å². The highest BCUT2D eigenvalue weighted by Gasteiger charge is 2.11. The zero-order valence-electron chi connectivity index (χ0n) is 10.8. The highest BCUT2D eigenvalue weighted by atomic mass is 15.1. The van der Waals surface area contributed by atoms with E-state index in [4.69, 9.17) is 0 Å². The van der Waals surface area contributed by atoms with E-state index >= 15 is 0 Å². The fourth-order valence-corrected chi connectivity index (χ4v) is 1.68. The average molecular weight is 221 g/mol. The lowest BCUT2D eigenvalue weighted by Gasteiger charge is -2.24. The molecule has 0 fully saturated rings. The Labute approximate surface area is 99.1 Å². The van der Waals surface area contributed by atoms with Gasteiger partial charge in [-0.25, -0.2) is 0 Å². The molecule has 0 saturated carbocycles. The van der Waals surface area contributed by atoms with Crippen molar-refractivity contribution in [3.63, 3.8) is 0 Å². The normalized spacial score (nSPS) is 13.4. The van der Waals surface area contributed by atoms with Gasteiger partial charge in [0.25, 0.3) is 0 Å². The van der Waals surface area contributed by atoms with Gasteiger partial charge in [0.05, 0.1) is 5.69 Å². The molecular weight excluding hydrogens is 198 g/mol. The van der Waals surface area contributed by atoms with Crippen LogP contribution in [0.4, 0.5) is 0 Å². The van der Waals surface area contributed by atoms with Gasteiger partial charge in [-0.2, -0.15) is 0 Å². The summed E-state index contributed by atoms with van der Waals surface area (Å²) in [6, 6.07) is 6.49. The Morgan fingerprint density at radius 2 is 1.94 bits per heavy atom. The van der Waals surface area contributed by atoms with Crippen molar-refractivity contribution in [3.05, 3.63) is 30.1 Å². The highest BCUT2D eigenvalue weighted by Crippen LogP contribution is 2.15. The van der Waals surface area contributed by atoms with Crippen LogP contribution in [0.25, 0.3) is 0 Å². The third-order valence-corrected chi connectivity index (χ3v) is 2.89. The summed E-state index contributed by atoms with van der Waals surface area (Å²) >= 11 is 0. The molecule has 16 heavy (non-hydrogen) atoms. The molecule has 1 unspecified atom stereocenters. The Morgan fingerprint density at radius 3 is 2.50 bits per heavy atom. The Kier molecular flexibility index (Phi) is 5.43. The first kappa shape index (κ1) is 13.1. The lowest BCUT2D eigenvalue weighted by molar-refractivity contribution is 0.241. The molecule has 90 valence electrons. The van der Waals surface area contributed by atoms with Gasteiger partial charge in [0.2, 0.25) is 0 Å². The van der Waals surface area contributed by atoms with Gasteiger partial charge in [0, 0.05) is 12.2 Å². The lowest BCUT2D eigenvalue weighted by Crippen LogP contribution is -2.26. The van der Waals surface area contributed by atoms with Crippen LogP contribution in [0.2, 0.25) is 0 Å². The topological polar surface area (TPSA) is 19.4 Å². The molecular formula is C13H23N3. The van der Waals surface area contributed by atoms with E-state index in [0.29, 0.717) is 6.04 Å². The van der Waals surface area contributed by atoms with Crippen LogP contribution in [0.5, 0.6) is 0 Å². The minimum absolute atomic E-state index is 0.392. The van der Waals surface area contributed by atoms with Crippen molar-refractivity contribution in [2.45, 2.75) is 19.4 Å². The molecule has 0 aliphatic carbocycles. The third kappa shape index (κ3) is 4.29. The molecule has 1 heterocycles. The Hall–Kier alpha value is -0.930. The van der Waals surface area contributed by atoms with Gasteiger partial charge in [-0.15, -0.1) is 0 Å². The molecule has 1 aromatic heterocycles. The van der Waals surface area contributed by atoms with Crippen LogP contribution in [0.3, 0.4) is 0 Å². The summed E-state index contributed by atoms with van der Waals surface area (Å²) in [5, 5.41) is 0. The number of hydrogen-bond donors (Lipinski definition) is 0. The highest BCUT2D eigenvalue weighted by molar-refractivity contribution is 5.07. The van der Waals surface area contributed by atoms with Gasteiger partial charge >= 0.3 is 0 Å². The molecule has 0 bridgehead atoms. The van der Waals surface area contributed by atoms with Crippen LogP contribution >= 0.6 is 0 Å². The first-order valence-corrected chi connectivity index (χ1v) is 5.87. The first-order valence-electron chi connectivity index (χ1n) is 5.87. The molecule has 0 saturated heterocycles. The van der Waals surface area contributed by atoms with Gasteiger partial charge in [0.1, 0.15) is 0 Å². The zero-order chi connectivity index (χ0) is 12.0. The largest absolute Gasteiger partial charge is 0.309 e. The van der Waals surface area contributed by atoms with Crippen molar-refractivity contribution in [1.29, 1.82) is 0 Å². The SMILES string of the molecule is CC(c1ccccn1)N(C)CCCN(C)C. The molecule has 3 nitrogen and oxygen atoms in total. The van der Waals surface area contributed by atoms with E-state index in [1.54, 1.807) is 0 Å². The predicted molar refractivity (Wildman–Crippen MR) is 68.5 cm³/mol. The van der Waals surface area contributed by atoms with Crippen molar-refractivity contribution in [2.75, 3.05) is 34.2 Å². The maximum Gasteiger partial charge on any atom is 0.0572 e. The third-order valence-electron chi connectivity index (χ3n) is 2.89. The van der Waals surface area contributed by atoms with E-state index in [1.807, 2.05) is 18.3 Å². The maximum atomic E-state index is 4.39. The molecule has 0 amide bonds. The van der Waals surface area contributed by atoms with Crippen LogP contribution < -0.4 is 0 Å². The van der Waals surface area contributed by atoms with Gasteiger partial charge in [-0.3, -0.25) is 9.88 Å². The summed E-state index contributed by atoms with van der Waals surface area (Å²) in [5.41, 5.74) is 1.15. The molecule has 1 rings (SSSR count). The molecule has 1 aromatic rings. The van der Waals surface area contributed by atoms with E-state index in [0.717, 1.165) is 18.8 Å². The Bertz CT molecular complexity index is 284. The maximum absolute atomic E-state index is 4.39. The Balaban J connectivity index is 2.39. The van der Waals surface area contributed by atoms with Crippen LogP contribution in [-0.4, -0.2) is 49.0 Å². The fourth-order valence-electron chi connectivity index (χ4n) is 1.68. The van der Waals surface area contributed by atoms with Gasteiger partial charge < -0.3 is 4.90 Å². The lowest BCUT2D eigenvalue weighted by atomic mass is 10.2. The second-order valence-corrected chi connectivity index (χ2v) is 4.57. The number of nitrogens with zero attached hydrogens (tertiary/aromatic N) is 3. The van der Waals surface area contributed by atoms with Crippen molar-refractivity contribution in [3.8, 4) is 0 Å². The van der Waals surface area contributed by atoms with E-state index in [9.17, 15) is 0 Å². The predicted octanol–water partition coefficient (Wildman–Crippen LogP) is 2.03. The van der Waals surface area contributed by atoms with E-state index in [2.05, 4.69) is 48.9 Å². The smallest absolute Gasteiger partial charge is 0.0572 e. The fraction of sp³-hybridized carbons (Fsp3) is 0.615. The quantitative estimate of drug-likeness (QED) is 0.732. The Morgan fingerprint density at radius 1 is 1.19 bits per heavy atom. The van der Waals surface area contributed by atoms with Crippen molar-refractivity contribution in [2.24, 2.45) is 0 Å². The first-order chi connectivity index (χ1) is 7.61. The molecule has 0 aliphatic rings. The monoisotopic (exact) mass is 221 g/mol. The van der Waals surface area contributed by atoms with E-state index in [1.165, 1.54) is 6.42 Å². The van der Waals surface area contributed by atoms with Gasteiger partial charge in [0.15, 0.2) is 0 Å².